The minimum absolute atomic E-state index is 0.200. The number of hydrogen-bond donors (Lipinski definition) is 1. The molecule has 0 aromatic heterocycles. The Morgan fingerprint density at radius 3 is 1.76 bits per heavy atom. The zero-order valence-corrected chi connectivity index (χ0v) is 16.9. The SMILES string of the molecule is CC1(C)CC(=C(c2ccc(O)cc2)c2ccc(Br)cc2)CC(C)(C)O1. The Bertz CT molecular complexity index is 718. The van der Waals surface area contributed by atoms with E-state index in [1.54, 1.807) is 12.1 Å². The van der Waals surface area contributed by atoms with Gasteiger partial charge in [-0.15, -0.1) is 0 Å². The van der Waals surface area contributed by atoms with Crippen molar-refractivity contribution in [1.29, 1.82) is 0 Å². The fourth-order valence-electron chi connectivity index (χ4n) is 3.91. The molecule has 1 N–H and O–H groups in total. The zero-order chi connectivity index (χ0) is 18.2. The summed E-state index contributed by atoms with van der Waals surface area (Å²) in [5.74, 6) is 0.288. The van der Waals surface area contributed by atoms with E-state index in [-0.39, 0.29) is 17.0 Å². The van der Waals surface area contributed by atoms with E-state index in [2.05, 4.69) is 67.9 Å². The summed E-state index contributed by atoms with van der Waals surface area (Å²) in [4.78, 5) is 0. The van der Waals surface area contributed by atoms with Gasteiger partial charge in [0.25, 0.3) is 0 Å². The average Bonchev–Trinajstić information content (AvgIpc) is 2.48. The molecule has 3 rings (SSSR count). The third-order valence-electron chi connectivity index (χ3n) is 4.47. The van der Waals surface area contributed by atoms with Crippen LogP contribution >= 0.6 is 15.9 Å². The summed E-state index contributed by atoms with van der Waals surface area (Å²) in [5, 5.41) is 9.68. The van der Waals surface area contributed by atoms with Crippen LogP contribution in [0, 0.1) is 0 Å². The van der Waals surface area contributed by atoms with Gasteiger partial charge in [0.2, 0.25) is 0 Å². The lowest BCUT2D eigenvalue weighted by Crippen LogP contribution is -2.42. The molecular weight excluding hydrogens is 376 g/mol. The molecule has 0 unspecified atom stereocenters. The molecular formula is C22H25BrO2. The summed E-state index contributed by atoms with van der Waals surface area (Å²) in [6.45, 7) is 8.63. The van der Waals surface area contributed by atoms with Gasteiger partial charge in [0.15, 0.2) is 0 Å². The maximum atomic E-state index is 9.68. The number of benzene rings is 2. The molecule has 1 heterocycles. The molecule has 25 heavy (non-hydrogen) atoms. The number of hydrogen-bond acceptors (Lipinski definition) is 2. The van der Waals surface area contributed by atoms with E-state index in [0.29, 0.717) is 0 Å². The Morgan fingerprint density at radius 2 is 1.28 bits per heavy atom. The van der Waals surface area contributed by atoms with Gasteiger partial charge in [-0.1, -0.05) is 45.8 Å². The van der Waals surface area contributed by atoms with Crippen molar-refractivity contribution in [2.45, 2.75) is 51.7 Å². The largest absolute Gasteiger partial charge is 0.508 e. The summed E-state index contributed by atoms with van der Waals surface area (Å²) in [7, 11) is 0. The van der Waals surface area contributed by atoms with Crippen LogP contribution in [0.25, 0.3) is 5.57 Å². The molecule has 1 aliphatic heterocycles. The number of ether oxygens (including phenoxy) is 1. The van der Waals surface area contributed by atoms with Crippen molar-refractivity contribution < 1.29 is 9.84 Å². The van der Waals surface area contributed by atoms with E-state index in [1.165, 1.54) is 16.7 Å². The third kappa shape index (κ3) is 4.34. The summed E-state index contributed by atoms with van der Waals surface area (Å²) >= 11 is 3.52. The van der Waals surface area contributed by atoms with Crippen LogP contribution in [0.5, 0.6) is 5.75 Å². The molecule has 0 aliphatic carbocycles. The molecule has 2 aromatic rings. The Labute approximate surface area is 158 Å². The van der Waals surface area contributed by atoms with Crippen LogP contribution < -0.4 is 0 Å². The van der Waals surface area contributed by atoms with Gasteiger partial charge < -0.3 is 9.84 Å². The highest BCUT2D eigenvalue weighted by Crippen LogP contribution is 2.43. The van der Waals surface area contributed by atoms with E-state index < -0.39 is 0 Å². The first-order valence-electron chi connectivity index (χ1n) is 8.63. The number of aromatic hydroxyl groups is 1. The van der Waals surface area contributed by atoms with Gasteiger partial charge in [-0.2, -0.15) is 0 Å². The lowest BCUT2D eigenvalue weighted by Gasteiger charge is -2.43. The van der Waals surface area contributed by atoms with Crippen molar-refractivity contribution in [3.63, 3.8) is 0 Å². The fourth-order valence-corrected chi connectivity index (χ4v) is 4.17. The van der Waals surface area contributed by atoms with Crippen LogP contribution in [0.2, 0.25) is 0 Å². The second kappa shape index (κ2) is 6.62. The molecule has 0 saturated carbocycles. The molecule has 2 aromatic carbocycles. The van der Waals surface area contributed by atoms with E-state index in [0.717, 1.165) is 22.9 Å². The lowest BCUT2D eigenvalue weighted by molar-refractivity contribution is -0.138. The van der Waals surface area contributed by atoms with Crippen LogP contribution in [0.3, 0.4) is 0 Å². The molecule has 3 heteroatoms. The van der Waals surface area contributed by atoms with E-state index in [1.807, 2.05) is 12.1 Å². The van der Waals surface area contributed by atoms with Crippen molar-refractivity contribution >= 4 is 21.5 Å². The Kier molecular flexibility index (Phi) is 4.82. The molecule has 0 amide bonds. The molecule has 2 nitrogen and oxygen atoms in total. The standard InChI is InChI=1S/C22H25BrO2/c1-21(2)13-17(14-22(3,4)25-21)20(15-5-9-18(23)10-6-15)16-7-11-19(24)12-8-16/h5-12,24H,13-14H2,1-4H3. The van der Waals surface area contributed by atoms with E-state index >= 15 is 0 Å². The fraction of sp³-hybridized carbons (Fsp3) is 0.364. The van der Waals surface area contributed by atoms with Crippen molar-refractivity contribution in [3.8, 4) is 5.75 Å². The smallest absolute Gasteiger partial charge is 0.115 e. The number of halogens is 1. The molecule has 0 atom stereocenters. The molecule has 1 fully saturated rings. The monoisotopic (exact) mass is 400 g/mol. The highest BCUT2D eigenvalue weighted by molar-refractivity contribution is 9.10. The summed E-state index contributed by atoms with van der Waals surface area (Å²) < 4.78 is 7.34. The van der Waals surface area contributed by atoms with Crippen LogP contribution in [0.1, 0.15) is 51.7 Å². The molecule has 1 saturated heterocycles. The Balaban J connectivity index is 2.19. The molecule has 0 spiro atoms. The first-order chi connectivity index (χ1) is 11.7. The van der Waals surface area contributed by atoms with E-state index in [4.69, 9.17) is 4.74 Å². The highest BCUT2D eigenvalue weighted by Gasteiger charge is 2.37. The second-order valence-electron chi connectivity index (χ2n) is 8.01. The van der Waals surface area contributed by atoms with E-state index in [9.17, 15) is 5.11 Å². The maximum Gasteiger partial charge on any atom is 0.115 e. The minimum atomic E-state index is -0.200. The van der Waals surface area contributed by atoms with Crippen molar-refractivity contribution in [2.75, 3.05) is 0 Å². The zero-order valence-electron chi connectivity index (χ0n) is 15.3. The van der Waals surface area contributed by atoms with Crippen LogP contribution in [0.15, 0.2) is 58.6 Å². The summed E-state index contributed by atoms with van der Waals surface area (Å²) in [5.41, 5.74) is 4.57. The quantitative estimate of drug-likeness (QED) is 0.638. The van der Waals surface area contributed by atoms with Crippen molar-refractivity contribution in [2.24, 2.45) is 0 Å². The van der Waals surface area contributed by atoms with Gasteiger partial charge >= 0.3 is 0 Å². The topological polar surface area (TPSA) is 29.5 Å². The predicted molar refractivity (Wildman–Crippen MR) is 107 cm³/mol. The van der Waals surface area contributed by atoms with Crippen LogP contribution in [-0.4, -0.2) is 16.3 Å². The molecule has 0 radical (unpaired) electrons. The number of phenolic OH excluding ortho intramolecular Hbond substituents is 1. The molecule has 1 aliphatic rings. The van der Waals surface area contributed by atoms with Gasteiger partial charge in [-0.05, 0) is 81.5 Å². The first kappa shape index (κ1) is 18.2. The normalized spacial score (nSPS) is 18.8. The highest BCUT2D eigenvalue weighted by atomic mass is 79.9. The number of phenols is 1. The summed E-state index contributed by atoms with van der Waals surface area (Å²) in [6, 6.07) is 15.9. The van der Waals surface area contributed by atoms with Crippen LogP contribution in [-0.2, 0) is 4.74 Å². The third-order valence-corrected chi connectivity index (χ3v) is 5.00. The van der Waals surface area contributed by atoms with Crippen molar-refractivity contribution in [1.82, 2.24) is 0 Å². The van der Waals surface area contributed by atoms with Gasteiger partial charge in [0.05, 0.1) is 11.2 Å². The Hall–Kier alpha value is -1.58. The second-order valence-corrected chi connectivity index (χ2v) is 8.92. The van der Waals surface area contributed by atoms with Gasteiger partial charge in [0, 0.05) is 4.47 Å². The average molecular weight is 401 g/mol. The number of rotatable bonds is 2. The maximum absolute atomic E-state index is 9.68. The molecule has 0 bridgehead atoms. The minimum Gasteiger partial charge on any atom is -0.508 e. The van der Waals surface area contributed by atoms with Gasteiger partial charge in [0.1, 0.15) is 5.75 Å². The van der Waals surface area contributed by atoms with Crippen LogP contribution in [0.4, 0.5) is 0 Å². The lowest BCUT2D eigenvalue weighted by atomic mass is 9.79. The van der Waals surface area contributed by atoms with Gasteiger partial charge in [-0.3, -0.25) is 0 Å². The Morgan fingerprint density at radius 1 is 0.840 bits per heavy atom. The van der Waals surface area contributed by atoms with Crippen molar-refractivity contribution in [3.05, 3.63) is 69.7 Å². The molecule has 132 valence electrons. The van der Waals surface area contributed by atoms with Gasteiger partial charge in [-0.25, -0.2) is 0 Å². The predicted octanol–water partition coefficient (Wildman–Crippen LogP) is 6.32. The first-order valence-corrected chi connectivity index (χ1v) is 9.42. The summed E-state index contributed by atoms with van der Waals surface area (Å²) in [6.07, 6.45) is 1.78.